The van der Waals surface area contributed by atoms with Crippen LogP contribution in [0.1, 0.15) is 35.5 Å². The van der Waals surface area contributed by atoms with Crippen molar-refractivity contribution < 1.29 is 9.32 Å². The van der Waals surface area contributed by atoms with E-state index in [1.54, 1.807) is 11.0 Å². The number of allylic oxidation sites excluding steroid dienone is 1. The van der Waals surface area contributed by atoms with E-state index in [-0.39, 0.29) is 6.03 Å². The molecule has 6 nitrogen and oxygen atoms in total. The van der Waals surface area contributed by atoms with Gasteiger partial charge in [-0.25, -0.2) is 4.79 Å². The van der Waals surface area contributed by atoms with Crippen LogP contribution in [0.15, 0.2) is 83.0 Å². The third kappa shape index (κ3) is 3.97. The third-order valence-electron chi connectivity index (χ3n) is 6.00. The number of rotatable bonds is 4. The van der Waals surface area contributed by atoms with Gasteiger partial charge in [-0.2, -0.15) is 4.98 Å². The van der Waals surface area contributed by atoms with Crippen LogP contribution in [0.2, 0.25) is 5.02 Å². The number of urea groups is 1. The minimum absolute atomic E-state index is 0.256. The summed E-state index contributed by atoms with van der Waals surface area (Å²) in [6.07, 6.45) is 0. The molecule has 3 aromatic carbocycles. The van der Waals surface area contributed by atoms with Gasteiger partial charge >= 0.3 is 6.03 Å². The van der Waals surface area contributed by atoms with Crippen molar-refractivity contribution in [1.82, 2.24) is 15.5 Å². The molecule has 1 aromatic heterocycles. The Labute approximate surface area is 202 Å². The highest BCUT2D eigenvalue weighted by Crippen LogP contribution is 2.39. The van der Waals surface area contributed by atoms with Gasteiger partial charge in [0, 0.05) is 16.3 Å². The molecule has 170 valence electrons. The average Bonchev–Trinajstić information content (AvgIpc) is 3.31. The monoisotopic (exact) mass is 470 g/mol. The molecule has 0 aliphatic carbocycles. The van der Waals surface area contributed by atoms with Gasteiger partial charge in [0.25, 0.3) is 5.89 Å². The predicted octanol–water partition coefficient (Wildman–Crippen LogP) is 6.71. The van der Waals surface area contributed by atoms with Crippen molar-refractivity contribution in [2.75, 3.05) is 4.90 Å². The Morgan fingerprint density at radius 3 is 2.41 bits per heavy atom. The molecule has 1 aliphatic heterocycles. The molecule has 1 atom stereocenters. The first-order valence-electron chi connectivity index (χ1n) is 11.0. The Bertz CT molecular complexity index is 1390. The van der Waals surface area contributed by atoms with Crippen molar-refractivity contribution in [1.29, 1.82) is 0 Å². The number of nitrogens with zero attached hydrogens (tertiary/aromatic N) is 3. The molecular formula is C27H23ClN4O2. The van der Waals surface area contributed by atoms with Gasteiger partial charge in [0.1, 0.15) is 0 Å². The van der Waals surface area contributed by atoms with E-state index in [1.807, 2.05) is 87.5 Å². The highest BCUT2D eigenvalue weighted by molar-refractivity contribution is 6.31. The molecule has 4 aromatic rings. The zero-order chi connectivity index (χ0) is 23.8. The number of hydrogen-bond donors (Lipinski definition) is 1. The Hall–Kier alpha value is -3.90. The van der Waals surface area contributed by atoms with E-state index in [4.69, 9.17) is 21.1 Å². The second-order valence-corrected chi connectivity index (χ2v) is 8.76. The van der Waals surface area contributed by atoms with Crippen molar-refractivity contribution in [2.24, 2.45) is 0 Å². The molecule has 7 heteroatoms. The number of aromatic nitrogens is 2. The number of hydrogen-bond acceptors (Lipinski definition) is 4. The molecule has 0 saturated heterocycles. The summed E-state index contributed by atoms with van der Waals surface area (Å²) in [7, 11) is 0. The Morgan fingerprint density at radius 2 is 1.71 bits per heavy atom. The lowest BCUT2D eigenvalue weighted by Crippen LogP contribution is -2.46. The van der Waals surface area contributed by atoms with E-state index in [9.17, 15) is 4.79 Å². The van der Waals surface area contributed by atoms with Crippen LogP contribution < -0.4 is 10.2 Å². The summed E-state index contributed by atoms with van der Waals surface area (Å²) in [5, 5.41) is 7.92. The molecule has 0 bridgehead atoms. The van der Waals surface area contributed by atoms with Crippen LogP contribution in [-0.2, 0) is 0 Å². The maximum atomic E-state index is 13.3. The fraction of sp³-hybridized carbons (Fsp3) is 0.148. The van der Waals surface area contributed by atoms with Crippen molar-refractivity contribution in [3.63, 3.8) is 0 Å². The number of carbonyl (C=O) groups excluding carboxylic acids is 1. The van der Waals surface area contributed by atoms with E-state index >= 15 is 0 Å². The van der Waals surface area contributed by atoms with Crippen LogP contribution in [0.5, 0.6) is 0 Å². The topological polar surface area (TPSA) is 71.3 Å². The van der Waals surface area contributed by atoms with Gasteiger partial charge in [0.15, 0.2) is 0 Å². The number of aryl methyl sites for hydroxylation is 2. The molecule has 2 heterocycles. The second kappa shape index (κ2) is 8.80. The van der Waals surface area contributed by atoms with Gasteiger partial charge in [-0.05, 0) is 44.0 Å². The molecular weight excluding hydrogens is 448 g/mol. The minimum atomic E-state index is -0.447. The lowest BCUT2D eigenvalue weighted by molar-refractivity contribution is 0.244. The van der Waals surface area contributed by atoms with Crippen molar-refractivity contribution >= 4 is 28.9 Å². The van der Waals surface area contributed by atoms with Gasteiger partial charge < -0.3 is 9.84 Å². The highest BCUT2D eigenvalue weighted by Gasteiger charge is 2.36. The van der Waals surface area contributed by atoms with E-state index in [0.717, 1.165) is 27.8 Å². The van der Waals surface area contributed by atoms with Crippen LogP contribution in [0.3, 0.4) is 0 Å². The highest BCUT2D eigenvalue weighted by atomic mass is 35.5. The molecule has 0 fully saturated rings. The fourth-order valence-corrected chi connectivity index (χ4v) is 4.27. The molecule has 1 unspecified atom stereocenters. The van der Waals surface area contributed by atoms with Gasteiger partial charge in [-0.1, -0.05) is 83.0 Å². The van der Waals surface area contributed by atoms with Crippen LogP contribution in [0.4, 0.5) is 10.5 Å². The first-order valence-corrected chi connectivity index (χ1v) is 11.3. The standard InChI is InChI=1S/C27H23ClN4O2/c1-16-9-12-20(13-10-16)25-30-26(34-31-25)23-18(3)32(21-14-11-17(2)22(28)15-21)27(33)29-24(23)19-7-5-4-6-8-19/h4-15,24H,1-3H3,(H,29,33). The van der Waals surface area contributed by atoms with Crippen LogP contribution in [0.25, 0.3) is 17.0 Å². The summed E-state index contributed by atoms with van der Waals surface area (Å²) in [5.41, 5.74) is 5.95. The fourth-order valence-electron chi connectivity index (χ4n) is 4.10. The van der Waals surface area contributed by atoms with E-state index in [0.29, 0.717) is 28.1 Å². The van der Waals surface area contributed by atoms with Gasteiger partial charge in [-0.3, -0.25) is 4.90 Å². The number of benzene rings is 3. The SMILES string of the molecule is CC1=C(c2nc(-c3ccc(C)cc3)no2)C(c2ccccc2)NC(=O)N1c1ccc(C)c(Cl)c1. The Morgan fingerprint density at radius 1 is 0.971 bits per heavy atom. The third-order valence-corrected chi connectivity index (χ3v) is 6.40. The average molecular weight is 471 g/mol. The maximum absolute atomic E-state index is 13.3. The summed E-state index contributed by atoms with van der Waals surface area (Å²) in [4.78, 5) is 19.6. The quantitative estimate of drug-likeness (QED) is 0.360. The summed E-state index contributed by atoms with van der Waals surface area (Å²) in [6.45, 7) is 5.83. The Balaban J connectivity index is 1.65. The van der Waals surface area contributed by atoms with Gasteiger partial charge in [0.2, 0.25) is 5.82 Å². The number of halogens is 1. The summed E-state index contributed by atoms with van der Waals surface area (Å²) >= 11 is 6.37. The molecule has 0 radical (unpaired) electrons. The molecule has 0 saturated carbocycles. The minimum Gasteiger partial charge on any atom is -0.334 e. The molecule has 1 aliphatic rings. The molecule has 34 heavy (non-hydrogen) atoms. The zero-order valence-electron chi connectivity index (χ0n) is 19.0. The Kier molecular flexibility index (Phi) is 5.67. The van der Waals surface area contributed by atoms with Gasteiger partial charge in [-0.15, -0.1) is 0 Å². The number of anilines is 1. The summed E-state index contributed by atoms with van der Waals surface area (Å²) < 4.78 is 5.75. The van der Waals surface area contributed by atoms with E-state index in [2.05, 4.69) is 10.5 Å². The molecule has 5 rings (SSSR count). The summed E-state index contributed by atoms with van der Waals surface area (Å²) in [5.74, 6) is 0.842. The molecule has 2 amide bonds. The molecule has 1 N–H and O–H groups in total. The number of amides is 2. The lowest BCUT2D eigenvalue weighted by Gasteiger charge is -2.35. The van der Waals surface area contributed by atoms with E-state index < -0.39 is 6.04 Å². The van der Waals surface area contributed by atoms with Crippen molar-refractivity contribution in [2.45, 2.75) is 26.8 Å². The van der Waals surface area contributed by atoms with Gasteiger partial charge in [0.05, 0.1) is 17.3 Å². The van der Waals surface area contributed by atoms with Crippen molar-refractivity contribution in [3.05, 3.63) is 106 Å². The van der Waals surface area contributed by atoms with Crippen LogP contribution >= 0.6 is 11.6 Å². The first-order chi connectivity index (χ1) is 16.4. The number of carbonyl (C=O) groups is 1. The maximum Gasteiger partial charge on any atom is 0.326 e. The zero-order valence-corrected chi connectivity index (χ0v) is 19.8. The molecule has 0 spiro atoms. The van der Waals surface area contributed by atoms with Crippen LogP contribution in [-0.4, -0.2) is 16.2 Å². The largest absolute Gasteiger partial charge is 0.334 e. The van der Waals surface area contributed by atoms with Crippen LogP contribution in [0, 0.1) is 13.8 Å². The number of nitrogens with one attached hydrogen (secondary N) is 1. The summed E-state index contributed by atoms with van der Waals surface area (Å²) in [6, 6.07) is 22.5. The second-order valence-electron chi connectivity index (χ2n) is 8.35. The normalized spacial score (nSPS) is 16.1. The smallest absolute Gasteiger partial charge is 0.326 e. The first kappa shape index (κ1) is 21.9. The predicted molar refractivity (Wildman–Crippen MR) is 133 cm³/mol. The van der Waals surface area contributed by atoms with Crippen molar-refractivity contribution in [3.8, 4) is 11.4 Å². The van der Waals surface area contributed by atoms with E-state index in [1.165, 1.54) is 0 Å². The lowest BCUT2D eigenvalue weighted by atomic mass is 9.94.